The highest BCUT2D eigenvalue weighted by Gasteiger charge is 2.20. The molecule has 2 fully saturated rings. The molecule has 2 aliphatic rings. The molecule has 0 atom stereocenters. The Hall–Kier alpha value is -1.62. The van der Waals surface area contributed by atoms with Crippen molar-refractivity contribution in [3.05, 3.63) is 29.6 Å². The Bertz CT molecular complexity index is 552. The van der Waals surface area contributed by atoms with Crippen molar-refractivity contribution >= 4 is 5.91 Å². The third kappa shape index (κ3) is 4.47. The van der Waals surface area contributed by atoms with Crippen molar-refractivity contribution in [3.8, 4) is 5.75 Å². The molecular weight excluding hydrogens is 307 g/mol. The van der Waals surface area contributed by atoms with Crippen LogP contribution in [0.5, 0.6) is 5.75 Å². The van der Waals surface area contributed by atoms with Crippen LogP contribution in [-0.2, 0) is 0 Å². The molecule has 0 radical (unpaired) electrons. The molecule has 1 aliphatic carbocycles. The lowest BCUT2D eigenvalue weighted by molar-refractivity contribution is 0.0735. The van der Waals surface area contributed by atoms with E-state index < -0.39 is 5.82 Å². The maximum atomic E-state index is 14.0. The van der Waals surface area contributed by atoms with Gasteiger partial charge in [-0.1, -0.05) is 32.1 Å². The van der Waals surface area contributed by atoms with E-state index in [0.29, 0.717) is 31.2 Å². The summed E-state index contributed by atoms with van der Waals surface area (Å²) in [6, 6.07) is 4.44. The number of benzene rings is 1. The summed E-state index contributed by atoms with van der Waals surface area (Å²) in [5.41, 5.74) is 0.506. The number of carbonyl (C=O) groups excluding carboxylic acids is 1. The number of halogens is 1. The van der Waals surface area contributed by atoms with Crippen LogP contribution in [0, 0.1) is 11.7 Å². The molecule has 0 aromatic heterocycles. The summed E-state index contributed by atoms with van der Waals surface area (Å²) in [5, 5.41) is 3.22. The normalized spacial score (nSPS) is 19.3. The minimum atomic E-state index is -0.393. The van der Waals surface area contributed by atoms with Gasteiger partial charge in [0.15, 0.2) is 11.6 Å². The zero-order chi connectivity index (χ0) is 16.8. The molecule has 1 aromatic carbocycles. The monoisotopic (exact) mass is 334 g/mol. The SMILES string of the molecule is O=C(c1ccc(F)c(OCCC2CCCCC2)c1)N1CCNCC1. The fourth-order valence-electron chi connectivity index (χ4n) is 3.61. The molecule has 1 heterocycles. The van der Waals surface area contributed by atoms with Crippen LogP contribution in [0.2, 0.25) is 0 Å². The molecule has 1 aliphatic heterocycles. The van der Waals surface area contributed by atoms with Crippen molar-refractivity contribution in [2.75, 3.05) is 32.8 Å². The molecule has 24 heavy (non-hydrogen) atoms. The molecule has 1 N–H and O–H groups in total. The number of carbonyl (C=O) groups is 1. The van der Waals surface area contributed by atoms with Crippen molar-refractivity contribution in [1.29, 1.82) is 0 Å². The van der Waals surface area contributed by atoms with Crippen molar-refractivity contribution in [1.82, 2.24) is 10.2 Å². The quantitative estimate of drug-likeness (QED) is 0.899. The molecule has 1 aromatic rings. The summed E-state index contributed by atoms with van der Waals surface area (Å²) in [6.45, 7) is 3.50. The Balaban J connectivity index is 1.57. The smallest absolute Gasteiger partial charge is 0.254 e. The first-order valence-electron chi connectivity index (χ1n) is 9.16. The van der Waals surface area contributed by atoms with Gasteiger partial charge in [-0.2, -0.15) is 0 Å². The van der Waals surface area contributed by atoms with E-state index in [9.17, 15) is 9.18 Å². The fourth-order valence-corrected chi connectivity index (χ4v) is 3.61. The number of ether oxygens (including phenoxy) is 1. The predicted molar refractivity (Wildman–Crippen MR) is 91.9 cm³/mol. The van der Waals surface area contributed by atoms with E-state index in [1.54, 1.807) is 17.0 Å². The number of nitrogens with zero attached hydrogens (tertiary/aromatic N) is 1. The topological polar surface area (TPSA) is 41.6 Å². The molecule has 1 amide bonds. The van der Waals surface area contributed by atoms with E-state index in [1.165, 1.54) is 38.2 Å². The second-order valence-corrected chi connectivity index (χ2v) is 6.83. The highest BCUT2D eigenvalue weighted by molar-refractivity contribution is 5.94. The van der Waals surface area contributed by atoms with Gasteiger partial charge >= 0.3 is 0 Å². The predicted octanol–water partition coefficient (Wildman–Crippen LogP) is 3.22. The summed E-state index contributed by atoms with van der Waals surface area (Å²) in [6.07, 6.45) is 7.42. The summed E-state index contributed by atoms with van der Waals surface area (Å²) in [4.78, 5) is 14.3. The van der Waals surface area contributed by atoms with E-state index in [2.05, 4.69) is 5.32 Å². The number of rotatable bonds is 5. The van der Waals surface area contributed by atoms with Gasteiger partial charge in [0.05, 0.1) is 6.61 Å². The largest absolute Gasteiger partial charge is 0.490 e. The Morgan fingerprint density at radius 3 is 2.71 bits per heavy atom. The Labute approximate surface area is 143 Å². The maximum absolute atomic E-state index is 14.0. The van der Waals surface area contributed by atoms with Crippen LogP contribution in [0.1, 0.15) is 48.9 Å². The first-order valence-corrected chi connectivity index (χ1v) is 9.16. The van der Waals surface area contributed by atoms with Gasteiger partial charge in [0.25, 0.3) is 5.91 Å². The maximum Gasteiger partial charge on any atom is 0.254 e. The first kappa shape index (κ1) is 17.2. The molecule has 5 heteroatoms. The van der Waals surface area contributed by atoms with Crippen molar-refractivity contribution in [2.45, 2.75) is 38.5 Å². The van der Waals surface area contributed by atoms with Gasteiger partial charge in [0.1, 0.15) is 0 Å². The van der Waals surface area contributed by atoms with Gasteiger partial charge in [-0.15, -0.1) is 0 Å². The molecule has 1 saturated carbocycles. The molecule has 0 unspecified atom stereocenters. The van der Waals surface area contributed by atoms with E-state index in [4.69, 9.17) is 4.74 Å². The van der Waals surface area contributed by atoms with Crippen LogP contribution in [-0.4, -0.2) is 43.6 Å². The number of hydrogen-bond acceptors (Lipinski definition) is 3. The van der Waals surface area contributed by atoms with Crippen LogP contribution >= 0.6 is 0 Å². The summed E-state index contributed by atoms with van der Waals surface area (Å²) in [5.74, 6) is 0.461. The third-order valence-corrected chi connectivity index (χ3v) is 5.09. The van der Waals surface area contributed by atoms with Crippen LogP contribution in [0.25, 0.3) is 0 Å². The number of piperazine rings is 1. The van der Waals surface area contributed by atoms with E-state index >= 15 is 0 Å². The van der Waals surface area contributed by atoms with Crippen molar-refractivity contribution in [2.24, 2.45) is 5.92 Å². The average Bonchev–Trinajstić information content (AvgIpc) is 2.64. The lowest BCUT2D eigenvalue weighted by atomic mass is 9.87. The summed E-state index contributed by atoms with van der Waals surface area (Å²) >= 11 is 0. The fraction of sp³-hybridized carbons (Fsp3) is 0.632. The van der Waals surface area contributed by atoms with Crippen LogP contribution < -0.4 is 10.1 Å². The number of hydrogen-bond donors (Lipinski definition) is 1. The second-order valence-electron chi connectivity index (χ2n) is 6.83. The average molecular weight is 334 g/mol. The molecule has 3 rings (SSSR count). The minimum Gasteiger partial charge on any atom is -0.490 e. The van der Waals surface area contributed by atoms with E-state index in [1.807, 2.05) is 0 Å². The van der Waals surface area contributed by atoms with E-state index in [0.717, 1.165) is 19.5 Å². The van der Waals surface area contributed by atoms with Gasteiger partial charge in [-0.05, 0) is 30.5 Å². The standard InChI is InChI=1S/C19H27FN2O2/c20-17-7-6-16(19(23)22-11-9-21-10-12-22)14-18(17)24-13-8-15-4-2-1-3-5-15/h6-7,14-15,21H,1-5,8-13H2. The van der Waals surface area contributed by atoms with E-state index in [-0.39, 0.29) is 11.7 Å². The molecule has 1 saturated heterocycles. The van der Waals surface area contributed by atoms with Crippen LogP contribution in [0.15, 0.2) is 18.2 Å². The minimum absolute atomic E-state index is 0.0476. The number of nitrogens with one attached hydrogen (secondary N) is 1. The second kappa shape index (κ2) is 8.47. The first-order chi connectivity index (χ1) is 11.7. The van der Waals surface area contributed by atoms with Crippen molar-refractivity contribution in [3.63, 3.8) is 0 Å². The molecule has 0 spiro atoms. The van der Waals surface area contributed by atoms with Gasteiger partial charge < -0.3 is 15.0 Å². The van der Waals surface area contributed by atoms with Gasteiger partial charge in [-0.25, -0.2) is 4.39 Å². The summed E-state index contributed by atoms with van der Waals surface area (Å²) in [7, 11) is 0. The highest BCUT2D eigenvalue weighted by atomic mass is 19.1. The zero-order valence-electron chi connectivity index (χ0n) is 14.2. The molecule has 0 bridgehead atoms. The van der Waals surface area contributed by atoms with Gasteiger partial charge in [-0.3, -0.25) is 4.79 Å². The Kier molecular flexibility index (Phi) is 6.07. The Morgan fingerprint density at radius 2 is 1.96 bits per heavy atom. The molecule has 4 nitrogen and oxygen atoms in total. The highest BCUT2D eigenvalue weighted by Crippen LogP contribution is 2.27. The van der Waals surface area contributed by atoms with Gasteiger partial charge in [0, 0.05) is 31.7 Å². The van der Waals surface area contributed by atoms with Crippen LogP contribution in [0.3, 0.4) is 0 Å². The summed E-state index contributed by atoms with van der Waals surface area (Å²) < 4.78 is 19.6. The molecular formula is C19H27FN2O2. The van der Waals surface area contributed by atoms with Gasteiger partial charge in [0.2, 0.25) is 0 Å². The number of amides is 1. The lowest BCUT2D eigenvalue weighted by Crippen LogP contribution is -2.46. The van der Waals surface area contributed by atoms with Crippen LogP contribution in [0.4, 0.5) is 4.39 Å². The Morgan fingerprint density at radius 1 is 1.21 bits per heavy atom. The third-order valence-electron chi connectivity index (χ3n) is 5.09. The molecule has 132 valence electrons. The zero-order valence-corrected chi connectivity index (χ0v) is 14.2. The lowest BCUT2D eigenvalue weighted by Gasteiger charge is -2.27. The van der Waals surface area contributed by atoms with Crippen molar-refractivity contribution < 1.29 is 13.9 Å².